The first kappa shape index (κ1) is 25.2. The quantitative estimate of drug-likeness (QED) is 0.398. The zero-order valence-corrected chi connectivity index (χ0v) is 21.1. The Hall–Kier alpha value is -2.90. The number of aliphatic hydroxyl groups excluding tert-OH is 3. The van der Waals surface area contributed by atoms with E-state index in [0.29, 0.717) is 11.1 Å². The normalized spacial score (nSPS) is 35.0. The molecule has 1 aromatic rings. The molecule has 0 bridgehead atoms. The highest BCUT2D eigenvalue weighted by atomic mass is 16.4. The van der Waals surface area contributed by atoms with Crippen molar-refractivity contribution in [2.45, 2.75) is 72.0 Å². The predicted octanol–water partition coefficient (Wildman–Crippen LogP) is 4.24. The summed E-state index contributed by atoms with van der Waals surface area (Å²) in [4.78, 5) is 26.3. The SMILES string of the molecule is C=C1C2=C(O)[C@@]3(O)C(O)=C(C(=O)CC(C)(C)C)C(=O)C[C@@]3(C)[C@H](O)[C@@]2(C)[C@H](C)c2cccc(O)c21. The van der Waals surface area contributed by atoms with Crippen molar-refractivity contribution in [2.75, 3.05) is 0 Å². The molecule has 0 amide bonds. The van der Waals surface area contributed by atoms with E-state index in [1.807, 2.05) is 6.92 Å². The number of aliphatic hydroxyl groups is 4. The molecule has 1 aromatic carbocycles. The fraction of sp³-hybridized carbons (Fsp3) is 0.500. The number of fused-ring (bicyclic) bond motifs is 3. The van der Waals surface area contributed by atoms with Crippen LogP contribution in [0.15, 0.2) is 47.4 Å². The highest BCUT2D eigenvalue weighted by molar-refractivity contribution is 6.21. The van der Waals surface area contributed by atoms with Gasteiger partial charge in [-0.15, -0.1) is 0 Å². The molecule has 7 heteroatoms. The first-order valence-corrected chi connectivity index (χ1v) is 11.8. The summed E-state index contributed by atoms with van der Waals surface area (Å²) in [6.07, 6.45) is -1.95. The Morgan fingerprint density at radius 1 is 1.14 bits per heavy atom. The van der Waals surface area contributed by atoms with Crippen molar-refractivity contribution in [3.05, 3.63) is 58.6 Å². The minimum atomic E-state index is -2.61. The zero-order valence-electron chi connectivity index (χ0n) is 21.1. The molecule has 0 unspecified atom stereocenters. The fourth-order valence-corrected chi connectivity index (χ4v) is 6.52. The highest BCUT2D eigenvalue weighted by Gasteiger charge is 2.71. The number of hydrogen-bond donors (Lipinski definition) is 5. The summed E-state index contributed by atoms with van der Waals surface area (Å²) in [7, 11) is 0. The average Bonchev–Trinajstić information content (AvgIpc) is 2.73. The number of benzene rings is 1. The summed E-state index contributed by atoms with van der Waals surface area (Å²) >= 11 is 0. The Balaban J connectivity index is 2.06. The molecule has 0 spiro atoms. The number of hydrogen-bond acceptors (Lipinski definition) is 7. The molecular formula is C28H34O7. The Morgan fingerprint density at radius 2 is 1.74 bits per heavy atom. The number of ketones is 2. The van der Waals surface area contributed by atoms with Crippen LogP contribution in [0.25, 0.3) is 5.57 Å². The second kappa shape index (κ2) is 7.31. The molecule has 188 valence electrons. The van der Waals surface area contributed by atoms with Crippen LogP contribution in [0.1, 0.15) is 71.4 Å². The first-order chi connectivity index (χ1) is 15.9. The smallest absolute Gasteiger partial charge is 0.187 e. The van der Waals surface area contributed by atoms with Crippen molar-refractivity contribution >= 4 is 17.1 Å². The summed E-state index contributed by atoms with van der Waals surface area (Å²) in [6, 6.07) is 4.95. The monoisotopic (exact) mass is 482 g/mol. The molecule has 7 nitrogen and oxygen atoms in total. The maximum Gasteiger partial charge on any atom is 0.187 e. The van der Waals surface area contributed by atoms with E-state index >= 15 is 0 Å². The molecule has 0 saturated heterocycles. The Bertz CT molecular complexity index is 1250. The van der Waals surface area contributed by atoms with E-state index in [1.54, 1.807) is 39.8 Å². The summed E-state index contributed by atoms with van der Waals surface area (Å²) < 4.78 is 0. The standard InChI is InChI=1S/C28H34O7/c1-13-19-15(9-8-10-16(19)29)14(2)27(7)21(13)23(33)28(35)22(32)20(17(30)11-25(3,4)5)18(31)12-26(28,6)24(27)34/h8-10,14,24,29,32-35H,1,11-12H2,2-7H3/t14-,24+,26+,27+,28+/m1/s1. The van der Waals surface area contributed by atoms with Gasteiger partial charge in [-0.2, -0.15) is 0 Å². The number of phenolic OH excluding ortho intramolecular Hbond substituents is 1. The van der Waals surface area contributed by atoms with E-state index in [0.717, 1.165) is 0 Å². The molecule has 4 rings (SSSR count). The van der Waals surface area contributed by atoms with Crippen LogP contribution >= 0.6 is 0 Å². The number of allylic oxidation sites excluding steroid dienone is 2. The maximum atomic E-state index is 13.2. The molecule has 0 radical (unpaired) electrons. The Morgan fingerprint density at radius 3 is 2.31 bits per heavy atom. The summed E-state index contributed by atoms with van der Waals surface area (Å²) in [5.41, 5.74) is -5.28. The lowest BCUT2D eigenvalue weighted by Crippen LogP contribution is -2.68. The van der Waals surface area contributed by atoms with Crippen LogP contribution < -0.4 is 0 Å². The van der Waals surface area contributed by atoms with E-state index in [2.05, 4.69) is 6.58 Å². The molecule has 3 aliphatic rings. The lowest BCUT2D eigenvalue weighted by atomic mass is 9.44. The van der Waals surface area contributed by atoms with E-state index in [-0.39, 0.29) is 23.3 Å². The molecule has 0 heterocycles. The predicted molar refractivity (Wildman–Crippen MR) is 131 cm³/mol. The zero-order chi connectivity index (χ0) is 26.5. The number of aromatic hydroxyl groups is 1. The van der Waals surface area contributed by atoms with Gasteiger partial charge in [0.15, 0.2) is 17.2 Å². The third kappa shape index (κ3) is 2.97. The van der Waals surface area contributed by atoms with Gasteiger partial charge >= 0.3 is 0 Å². The summed E-state index contributed by atoms with van der Waals surface area (Å²) in [5.74, 6) is -3.51. The van der Waals surface area contributed by atoms with Crippen LogP contribution in [-0.2, 0) is 9.59 Å². The van der Waals surface area contributed by atoms with Gasteiger partial charge in [-0.25, -0.2) is 0 Å². The number of carbonyl (C=O) groups excluding carboxylic acids is 2. The van der Waals surface area contributed by atoms with Crippen molar-refractivity contribution in [1.82, 2.24) is 0 Å². The topological polar surface area (TPSA) is 135 Å². The van der Waals surface area contributed by atoms with Crippen LogP contribution in [-0.4, -0.2) is 48.8 Å². The van der Waals surface area contributed by atoms with E-state index in [1.165, 1.54) is 13.0 Å². The van der Waals surface area contributed by atoms with Gasteiger partial charge in [-0.3, -0.25) is 9.59 Å². The van der Waals surface area contributed by atoms with E-state index < -0.39 is 68.9 Å². The first-order valence-electron chi connectivity index (χ1n) is 11.8. The van der Waals surface area contributed by atoms with Crippen molar-refractivity contribution < 1.29 is 35.1 Å². The molecule has 35 heavy (non-hydrogen) atoms. The van der Waals surface area contributed by atoms with Gasteiger partial charge in [0.05, 0.1) is 6.10 Å². The van der Waals surface area contributed by atoms with E-state index in [4.69, 9.17) is 0 Å². The second-order valence-corrected chi connectivity index (χ2v) is 12.0. The van der Waals surface area contributed by atoms with Gasteiger partial charge in [-0.05, 0) is 28.5 Å². The molecule has 5 atom stereocenters. The largest absolute Gasteiger partial charge is 0.508 e. The van der Waals surface area contributed by atoms with Crippen molar-refractivity contribution in [2.24, 2.45) is 16.2 Å². The minimum Gasteiger partial charge on any atom is -0.508 e. The molecule has 0 saturated carbocycles. The molecule has 0 aliphatic heterocycles. The van der Waals surface area contributed by atoms with Gasteiger partial charge in [0.1, 0.15) is 22.8 Å². The highest BCUT2D eigenvalue weighted by Crippen LogP contribution is 2.67. The van der Waals surface area contributed by atoms with Crippen molar-refractivity contribution in [3.63, 3.8) is 0 Å². The van der Waals surface area contributed by atoms with Crippen LogP contribution in [0, 0.1) is 16.2 Å². The number of rotatable bonds is 2. The van der Waals surface area contributed by atoms with Crippen LogP contribution in [0.5, 0.6) is 5.75 Å². The number of phenols is 1. The Labute approximate surface area is 205 Å². The van der Waals surface area contributed by atoms with Crippen molar-refractivity contribution in [1.29, 1.82) is 0 Å². The lowest BCUT2D eigenvalue weighted by molar-refractivity contribution is -0.185. The van der Waals surface area contributed by atoms with E-state index in [9.17, 15) is 35.1 Å². The fourth-order valence-electron chi connectivity index (χ4n) is 6.52. The van der Waals surface area contributed by atoms with Gasteiger partial charge in [-0.1, -0.05) is 60.3 Å². The van der Waals surface area contributed by atoms with Gasteiger partial charge < -0.3 is 25.5 Å². The third-order valence-electron chi connectivity index (χ3n) is 8.52. The lowest BCUT2D eigenvalue weighted by Gasteiger charge is -2.61. The molecule has 0 fully saturated rings. The maximum absolute atomic E-state index is 13.2. The van der Waals surface area contributed by atoms with Gasteiger partial charge in [0.25, 0.3) is 0 Å². The average molecular weight is 483 g/mol. The molecule has 0 aromatic heterocycles. The third-order valence-corrected chi connectivity index (χ3v) is 8.52. The van der Waals surface area contributed by atoms with Gasteiger partial charge in [0.2, 0.25) is 0 Å². The van der Waals surface area contributed by atoms with Crippen LogP contribution in [0.3, 0.4) is 0 Å². The minimum absolute atomic E-state index is 0.0620. The number of carbonyl (C=O) groups is 2. The van der Waals surface area contributed by atoms with Crippen molar-refractivity contribution in [3.8, 4) is 5.75 Å². The molecular weight excluding hydrogens is 448 g/mol. The van der Waals surface area contributed by atoms with Crippen LogP contribution in [0.2, 0.25) is 0 Å². The second-order valence-electron chi connectivity index (χ2n) is 12.0. The summed E-state index contributed by atoms with van der Waals surface area (Å²) in [5, 5.41) is 57.4. The number of Topliss-reactive ketones (excluding diaryl/α,β-unsaturated/α-hetero) is 2. The Kier molecular flexibility index (Phi) is 5.26. The van der Waals surface area contributed by atoms with Crippen LogP contribution in [0.4, 0.5) is 0 Å². The summed E-state index contributed by atoms with van der Waals surface area (Å²) in [6.45, 7) is 14.5. The van der Waals surface area contributed by atoms with Gasteiger partial charge in [0, 0.05) is 34.8 Å². The molecule has 3 aliphatic carbocycles. The molecule has 5 N–H and O–H groups in total.